The quantitative estimate of drug-likeness (QED) is 0.743. The molecule has 0 aliphatic carbocycles. The van der Waals surface area contributed by atoms with E-state index in [2.05, 4.69) is 19.1 Å². The molecule has 0 amide bonds. The lowest BCUT2D eigenvalue weighted by Gasteiger charge is -1.96. The normalized spacial score (nSPS) is 10.5. The number of nitrogens with zero attached hydrogens (tertiary/aromatic N) is 1. The standard InChI is InChI=1S/C13H13NO/c1-3-9-5-6-12-11(7-9)10(4-2)13(8-14)15-12/h5-7H,3-4H2,1-2H3. The van der Waals surface area contributed by atoms with Gasteiger partial charge in [-0.3, -0.25) is 0 Å². The van der Waals surface area contributed by atoms with E-state index in [0.717, 1.165) is 29.4 Å². The van der Waals surface area contributed by atoms with Crippen molar-refractivity contribution in [2.24, 2.45) is 0 Å². The molecule has 15 heavy (non-hydrogen) atoms. The van der Waals surface area contributed by atoms with Crippen LogP contribution in [0.25, 0.3) is 11.0 Å². The van der Waals surface area contributed by atoms with Crippen molar-refractivity contribution < 1.29 is 4.42 Å². The summed E-state index contributed by atoms with van der Waals surface area (Å²) < 4.78 is 5.48. The van der Waals surface area contributed by atoms with Crippen LogP contribution in [-0.4, -0.2) is 0 Å². The molecule has 1 heterocycles. The predicted molar refractivity (Wildman–Crippen MR) is 59.7 cm³/mol. The molecule has 2 nitrogen and oxygen atoms in total. The molecule has 0 aliphatic heterocycles. The maximum absolute atomic E-state index is 8.93. The maximum atomic E-state index is 8.93. The summed E-state index contributed by atoms with van der Waals surface area (Å²) in [5.74, 6) is 0.459. The number of rotatable bonds is 2. The molecular formula is C13H13NO. The maximum Gasteiger partial charge on any atom is 0.207 e. The van der Waals surface area contributed by atoms with E-state index in [1.165, 1.54) is 5.56 Å². The molecule has 0 bridgehead atoms. The van der Waals surface area contributed by atoms with Crippen molar-refractivity contribution in [3.8, 4) is 6.07 Å². The second-order valence-corrected chi connectivity index (χ2v) is 3.56. The van der Waals surface area contributed by atoms with Crippen molar-refractivity contribution in [3.63, 3.8) is 0 Å². The number of aryl methyl sites for hydroxylation is 2. The average Bonchev–Trinajstić information content (AvgIpc) is 2.65. The van der Waals surface area contributed by atoms with Crippen molar-refractivity contribution in [1.82, 2.24) is 0 Å². The first kappa shape index (κ1) is 9.79. The summed E-state index contributed by atoms with van der Waals surface area (Å²) in [7, 11) is 0. The first-order valence-corrected chi connectivity index (χ1v) is 5.24. The monoisotopic (exact) mass is 199 g/mol. The van der Waals surface area contributed by atoms with Gasteiger partial charge >= 0.3 is 0 Å². The van der Waals surface area contributed by atoms with Gasteiger partial charge in [0, 0.05) is 10.9 Å². The summed E-state index contributed by atoms with van der Waals surface area (Å²) in [4.78, 5) is 0. The second-order valence-electron chi connectivity index (χ2n) is 3.56. The molecular weight excluding hydrogens is 186 g/mol. The molecule has 2 aromatic rings. The van der Waals surface area contributed by atoms with Gasteiger partial charge in [-0.1, -0.05) is 19.9 Å². The molecule has 0 fully saturated rings. The second kappa shape index (κ2) is 3.78. The lowest BCUT2D eigenvalue weighted by molar-refractivity contribution is 0.594. The predicted octanol–water partition coefficient (Wildman–Crippen LogP) is 3.43. The van der Waals surface area contributed by atoms with Gasteiger partial charge in [-0.2, -0.15) is 5.26 Å². The van der Waals surface area contributed by atoms with Gasteiger partial charge in [0.2, 0.25) is 5.76 Å². The fourth-order valence-corrected chi connectivity index (χ4v) is 1.86. The van der Waals surface area contributed by atoms with Crippen molar-refractivity contribution in [2.45, 2.75) is 26.7 Å². The number of hydrogen-bond donors (Lipinski definition) is 0. The van der Waals surface area contributed by atoms with Crippen LogP contribution in [0.15, 0.2) is 22.6 Å². The Labute approximate surface area is 89.1 Å². The molecule has 0 radical (unpaired) electrons. The summed E-state index contributed by atoms with van der Waals surface area (Å²) in [5.41, 5.74) is 3.13. The Hall–Kier alpha value is -1.75. The lowest BCUT2D eigenvalue weighted by atomic mass is 10.1. The minimum atomic E-state index is 0.459. The fraction of sp³-hybridized carbons (Fsp3) is 0.308. The highest BCUT2D eigenvalue weighted by atomic mass is 16.3. The number of benzene rings is 1. The van der Waals surface area contributed by atoms with Crippen LogP contribution in [-0.2, 0) is 12.8 Å². The van der Waals surface area contributed by atoms with Crippen LogP contribution in [0.3, 0.4) is 0 Å². The topological polar surface area (TPSA) is 36.9 Å². The minimum Gasteiger partial charge on any atom is -0.445 e. The zero-order valence-corrected chi connectivity index (χ0v) is 9.00. The molecule has 1 aromatic carbocycles. The highest BCUT2D eigenvalue weighted by Gasteiger charge is 2.11. The summed E-state index contributed by atoms with van der Waals surface area (Å²) in [6.07, 6.45) is 1.84. The van der Waals surface area contributed by atoms with E-state index in [-0.39, 0.29) is 0 Å². The number of furan rings is 1. The molecule has 0 spiro atoms. The molecule has 2 rings (SSSR count). The summed E-state index contributed by atoms with van der Waals surface area (Å²) in [5, 5.41) is 10.0. The molecule has 0 N–H and O–H groups in total. The summed E-state index contributed by atoms with van der Waals surface area (Å²) in [6.45, 7) is 4.17. The summed E-state index contributed by atoms with van der Waals surface area (Å²) in [6, 6.07) is 8.23. The molecule has 0 saturated carbocycles. The smallest absolute Gasteiger partial charge is 0.207 e. The van der Waals surface area contributed by atoms with Crippen LogP contribution in [0.2, 0.25) is 0 Å². The van der Waals surface area contributed by atoms with Crippen LogP contribution in [0, 0.1) is 11.3 Å². The molecule has 1 aromatic heterocycles. The van der Waals surface area contributed by atoms with E-state index >= 15 is 0 Å². The highest BCUT2D eigenvalue weighted by Crippen LogP contribution is 2.27. The number of hydrogen-bond acceptors (Lipinski definition) is 2. The van der Waals surface area contributed by atoms with Gasteiger partial charge in [0.05, 0.1) is 0 Å². The molecule has 0 aliphatic rings. The zero-order chi connectivity index (χ0) is 10.8. The van der Waals surface area contributed by atoms with Crippen LogP contribution >= 0.6 is 0 Å². The third-order valence-electron chi connectivity index (χ3n) is 2.72. The van der Waals surface area contributed by atoms with Crippen LogP contribution < -0.4 is 0 Å². The van der Waals surface area contributed by atoms with Gasteiger partial charge in [-0.15, -0.1) is 0 Å². The lowest BCUT2D eigenvalue weighted by Crippen LogP contribution is -1.83. The van der Waals surface area contributed by atoms with Crippen molar-refractivity contribution >= 4 is 11.0 Å². The largest absolute Gasteiger partial charge is 0.445 e. The molecule has 0 atom stereocenters. The average molecular weight is 199 g/mol. The Balaban J connectivity index is 2.74. The van der Waals surface area contributed by atoms with Crippen LogP contribution in [0.4, 0.5) is 0 Å². The van der Waals surface area contributed by atoms with Gasteiger partial charge < -0.3 is 4.42 Å². The molecule has 76 valence electrons. The van der Waals surface area contributed by atoms with E-state index in [9.17, 15) is 0 Å². The fourth-order valence-electron chi connectivity index (χ4n) is 1.86. The number of fused-ring (bicyclic) bond motifs is 1. The van der Waals surface area contributed by atoms with E-state index in [4.69, 9.17) is 9.68 Å². The van der Waals surface area contributed by atoms with E-state index in [0.29, 0.717) is 5.76 Å². The van der Waals surface area contributed by atoms with Gasteiger partial charge in [0.1, 0.15) is 11.7 Å². The van der Waals surface area contributed by atoms with E-state index in [1.807, 2.05) is 19.1 Å². The highest BCUT2D eigenvalue weighted by molar-refractivity contribution is 5.84. The molecule has 2 heteroatoms. The summed E-state index contributed by atoms with van der Waals surface area (Å²) >= 11 is 0. The van der Waals surface area contributed by atoms with Crippen LogP contribution in [0.1, 0.15) is 30.7 Å². The van der Waals surface area contributed by atoms with Crippen molar-refractivity contribution in [3.05, 3.63) is 35.1 Å². The Morgan fingerprint density at radius 2 is 2.07 bits per heavy atom. The van der Waals surface area contributed by atoms with Gasteiger partial charge in [0.25, 0.3) is 0 Å². The van der Waals surface area contributed by atoms with Crippen LogP contribution in [0.5, 0.6) is 0 Å². The Kier molecular flexibility index (Phi) is 2.47. The Bertz CT molecular complexity index is 531. The molecule has 0 saturated heterocycles. The van der Waals surface area contributed by atoms with E-state index in [1.54, 1.807) is 0 Å². The number of nitriles is 1. The van der Waals surface area contributed by atoms with Gasteiger partial charge in [-0.05, 0) is 30.5 Å². The minimum absolute atomic E-state index is 0.459. The SMILES string of the molecule is CCc1ccc2oc(C#N)c(CC)c2c1. The van der Waals surface area contributed by atoms with Gasteiger partial charge in [0.15, 0.2) is 0 Å². The first-order valence-electron chi connectivity index (χ1n) is 5.24. The first-order chi connectivity index (χ1) is 7.30. The van der Waals surface area contributed by atoms with Gasteiger partial charge in [-0.25, -0.2) is 0 Å². The zero-order valence-electron chi connectivity index (χ0n) is 9.00. The Morgan fingerprint density at radius 3 is 2.67 bits per heavy atom. The third-order valence-corrected chi connectivity index (χ3v) is 2.72. The molecule has 0 unspecified atom stereocenters. The van der Waals surface area contributed by atoms with E-state index < -0.39 is 0 Å². The van der Waals surface area contributed by atoms with Crippen molar-refractivity contribution in [1.29, 1.82) is 5.26 Å². The van der Waals surface area contributed by atoms with Crippen molar-refractivity contribution in [2.75, 3.05) is 0 Å². The third kappa shape index (κ3) is 1.50. The Morgan fingerprint density at radius 1 is 1.27 bits per heavy atom.